The summed E-state index contributed by atoms with van der Waals surface area (Å²) in [6, 6.07) is 12.5. The van der Waals surface area contributed by atoms with Gasteiger partial charge in [0.1, 0.15) is 12.2 Å². The Kier molecular flexibility index (Phi) is 11.8. The molecule has 1 aromatic carbocycles. The van der Waals surface area contributed by atoms with E-state index in [0.717, 1.165) is 49.9 Å². The van der Waals surface area contributed by atoms with Gasteiger partial charge >= 0.3 is 0 Å². The van der Waals surface area contributed by atoms with Crippen LogP contribution in [0.25, 0.3) is 16.8 Å². The molecule has 9 nitrogen and oxygen atoms in total. The van der Waals surface area contributed by atoms with E-state index in [9.17, 15) is 5.11 Å². The van der Waals surface area contributed by atoms with E-state index in [1.807, 2.05) is 58.4 Å². The third-order valence-electron chi connectivity index (χ3n) is 8.17. The lowest BCUT2D eigenvalue weighted by molar-refractivity contribution is 0.0187. The predicted molar refractivity (Wildman–Crippen MR) is 191 cm³/mol. The molecular weight excluding hydrogens is 724 g/mol. The van der Waals surface area contributed by atoms with Gasteiger partial charge in [-0.2, -0.15) is 0 Å². The molecule has 0 atom stereocenters. The quantitative estimate of drug-likeness (QED) is 0.185. The number of methoxy groups -OCH3 is 2. The molecule has 0 radical (unpaired) electrons. The van der Waals surface area contributed by atoms with Gasteiger partial charge in [-0.1, -0.05) is 6.07 Å². The number of hydrogen-bond acceptors (Lipinski definition) is 8. The fourth-order valence-electron chi connectivity index (χ4n) is 4.73. The fourth-order valence-corrected chi connectivity index (χ4v) is 5.46. The molecule has 0 amide bonds. The lowest BCUT2D eigenvalue weighted by Gasteiger charge is -2.23. The van der Waals surface area contributed by atoms with E-state index in [4.69, 9.17) is 9.47 Å². The first kappa shape index (κ1) is 36.5. The molecule has 0 fully saturated rings. The monoisotopic (exact) mass is 764 g/mol. The summed E-state index contributed by atoms with van der Waals surface area (Å²) in [6.07, 6.45) is 14.4. The second-order valence-corrected chi connectivity index (χ2v) is 14.5. The van der Waals surface area contributed by atoms with Crippen LogP contribution in [0.2, 0.25) is 0 Å². The second kappa shape index (κ2) is 15.3. The molecule has 6 rings (SSSR count). The average molecular weight is 767 g/mol. The molecule has 1 N–H and O–H groups in total. The Morgan fingerprint density at radius 3 is 1.79 bits per heavy atom. The van der Waals surface area contributed by atoms with Crippen molar-refractivity contribution in [2.75, 3.05) is 14.2 Å². The van der Waals surface area contributed by atoms with Gasteiger partial charge in [-0.3, -0.25) is 19.5 Å². The minimum absolute atomic E-state index is 0.267. The summed E-state index contributed by atoms with van der Waals surface area (Å²) in [6.45, 7) is 11.6. The summed E-state index contributed by atoms with van der Waals surface area (Å²) >= 11 is 6.65. The van der Waals surface area contributed by atoms with Crippen molar-refractivity contribution in [3.8, 4) is 16.8 Å². The number of hydrogen-bond donors (Lipinski definition) is 1. The molecule has 47 heavy (non-hydrogen) atoms. The second-order valence-electron chi connectivity index (χ2n) is 12.7. The van der Waals surface area contributed by atoms with E-state index >= 15 is 0 Å². The number of benzene rings is 1. The van der Waals surface area contributed by atoms with Gasteiger partial charge in [-0.15, -0.1) is 10.2 Å². The largest absolute Gasteiger partial charge is 0.386 e. The number of ether oxygens (including phenoxy) is 2. The van der Waals surface area contributed by atoms with Crippen molar-refractivity contribution >= 4 is 31.9 Å². The molecule has 0 bridgehead atoms. The average Bonchev–Trinajstić information content (AvgIpc) is 3.54. The summed E-state index contributed by atoms with van der Waals surface area (Å²) in [4.78, 5) is 12.4. The van der Waals surface area contributed by atoms with Crippen LogP contribution >= 0.6 is 31.9 Å². The Hall–Kier alpha value is -3.35. The van der Waals surface area contributed by atoms with Gasteiger partial charge in [-0.05, 0) is 121 Å². The maximum Gasteiger partial charge on any atom is 0.137 e. The number of fused-ring (bicyclic) bond motifs is 3. The standard InChI is InChI=1S/C19H20N4O.C9H12BrNO.C8H10BrNO/c1-19(2,24-3)16-9-15(10-20-11-16)13-4-6-17-14(8-13)5-7-18-22-21-12-23(17)18;1-9(2,12-3)7-4-8(10)6-11-5-7;1-8(2,11)6-3-7(9)5-10-4-6/h4,6,8-12H,5,7H2,1-3H3;4-6H,1-3H3;3-5,11H,1-2H3. The molecule has 5 aromatic rings. The highest BCUT2D eigenvalue weighted by atomic mass is 79.9. The number of rotatable bonds is 6. The van der Waals surface area contributed by atoms with Crippen LogP contribution in [0, 0.1) is 0 Å². The van der Waals surface area contributed by atoms with E-state index in [-0.39, 0.29) is 11.2 Å². The molecule has 0 aliphatic carbocycles. The predicted octanol–water partition coefficient (Wildman–Crippen LogP) is 8.11. The van der Waals surface area contributed by atoms with Gasteiger partial charge in [0, 0.05) is 89.0 Å². The molecule has 0 saturated carbocycles. The fraction of sp³-hybridized carbons (Fsp3) is 0.361. The Morgan fingerprint density at radius 1 is 0.681 bits per heavy atom. The van der Waals surface area contributed by atoms with Crippen molar-refractivity contribution in [3.63, 3.8) is 0 Å². The summed E-state index contributed by atoms with van der Waals surface area (Å²) in [5, 5.41) is 17.7. The lowest BCUT2D eigenvalue weighted by atomic mass is 9.94. The SMILES string of the molecule is CC(C)(O)c1cncc(Br)c1.COC(C)(C)c1cncc(-c2ccc3c(c2)CCc2nncn2-3)c1.COC(C)(C)c1cncc(Br)c1. The summed E-state index contributed by atoms with van der Waals surface area (Å²) in [5.41, 5.74) is 6.29. The van der Waals surface area contributed by atoms with Crippen LogP contribution in [-0.4, -0.2) is 49.0 Å². The number of aromatic nitrogens is 6. The zero-order valence-corrected chi connectivity index (χ0v) is 31.3. The first-order chi connectivity index (χ1) is 22.1. The normalized spacial score (nSPS) is 12.6. The zero-order chi connectivity index (χ0) is 34.4. The van der Waals surface area contributed by atoms with Crippen LogP contribution in [-0.2, 0) is 39.1 Å². The Balaban J connectivity index is 0.000000182. The maximum atomic E-state index is 9.55. The third-order valence-corrected chi connectivity index (χ3v) is 9.04. The van der Waals surface area contributed by atoms with Crippen molar-refractivity contribution in [2.45, 2.75) is 71.2 Å². The molecule has 4 aromatic heterocycles. The molecule has 1 aliphatic heterocycles. The van der Waals surface area contributed by atoms with Crippen molar-refractivity contribution in [1.82, 2.24) is 29.7 Å². The smallest absolute Gasteiger partial charge is 0.137 e. The van der Waals surface area contributed by atoms with Crippen molar-refractivity contribution in [3.05, 3.63) is 117 Å². The highest BCUT2D eigenvalue weighted by Gasteiger charge is 2.22. The van der Waals surface area contributed by atoms with Gasteiger partial charge in [-0.25, -0.2) is 0 Å². The number of aliphatic hydroxyl groups is 1. The summed E-state index contributed by atoms with van der Waals surface area (Å²) in [5.74, 6) is 1.03. The van der Waals surface area contributed by atoms with Crippen LogP contribution < -0.4 is 0 Å². The van der Waals surface area contributed by atoms with Crippen LogP contribution in [0.1, 0.15) is 69.6 Å². The zero-order valence-electron chi connectivity index (χ0n) is 28.1. The van der Waals surface area contributed by atoms with Crippen LogP contribution in [0.3, 0.4) is 0 Å². The van der Waals surface area contributed by atoms with Gasteiger partial charge in [0.25, 0.3) is 0 Å². The minimum Gasteiger partial charge on any atom is -0.386 e. The van der Waals surface area contributed by atoms with Gasteiger partial charge in [0.15, 0.2) is 0 Å². The number of aryl methyl sites for hydroxylation is 2. The Bertz CT molecular complexity index is 1800. The molecular formula is C36H42Br2N6O3. The van der Waals surface area contributed by atoms with Gasteiger partial charge in [0.2, 0.25) is 0 Å². The van der Waals surface area contributed by atoms with E-state index in [1.165, 1.54) is 16.8 Å². The number of halogens is 2. The molecule has 0 unspecified atom stereocenters. The Labute approximate surface area is 294 Å². The molecule has 11 heteroatoms. The van der Waals surface area contributed by atoms with E-state index < -0.39 is 5.60 Å². The van der Waals surface area contributed by atoms with Gasteiger partial charge in [0.05, 0.1) is 22.5 Å². The molecule has 0 saturated heterocycles. The van der Waals surface area contributed by atoms with E-state index in [2.05, 4.69) is 85.8 Å². The number of nitrogens with zero attached hydrogens (tertiary/aromatic N) is 6. The highest BCUT2D eigenvalue weighted by Crippen LogP contribution is 2.31. The number of pyridine rings is 3. The Morgan fingerprint density at radius 2 is 1.23 bits per heavy atom. The van der Waals surface area contributed by atoms with Crippen LogP contribution in [0.5, 0.6) is 0 Å². The van der Waals surface area contributed by atoms with E-state index in [1.54, 1.807) is 53.0 Å². The van der Waals surface area contributed by atoms with E-state index in [0.29, 0.717) is 0 Å². The first-order valence-electron chi connectivity index (χ1n) is 15.2. The molecule has 1 aliphatic rings. The van der Waals surface area contributed by atoms with Crippen molar-refractivity contribution in [2.24, 2.45) is 0 Å². The van der Waals surface area contributed by atoms with Crippen LogP contribution in [0.15, 0.2) is 88.9 Å². The topological polar surface area (TPSA) is 108 Å². The van der Waals surface area contributed by atoms with Crippen molar-refractivity contribution < 1.29 is 14.6 Å². The maximum absolute atomic E-state index is 9.55. The van der Waals surface area contributed by atoms with Crippen LogP contribution in [0.4, 0.5) is 0 Å². The molecule has 0 spiro atoms. The summed E-state index contributed by atoms with van der Waals surface area (Å²) in [7, 11) is 3.42. The first-order valence-corrected chi connectivity index (χ1v) is 16.8. The molecule has 5 heterocycles. The van der Waals surface area contributed by atoms with Crippen molar-refractivity contribution in [1.29, 1.82) is 0 Å². The third kappa shape index (κ3) is 9.39. The lowest BCUT2D eigenvalue weighted by Crippen LogP contribution is -2.19. The molecule has 248 valence electrons. The van der Waals surface area contributed by atoms with Gasteiger partial charge < -0.3 is 14.6 Å². The minimum atomic E-state index is -0.809. The summed E-state index contributed by atoms with van der Waals surface area (Å²) < 4.78 is 14.8. The highest BCUT2D eigenvalue weighted by molar-refractivity contribution is 9.10.